The number of hydrogen-bond donors (Lipinski definition) is 0. The lowest BCUT2D eigenvalue weighted by Crippen LogP contribution is -2.08. The average molecular weight is 930 g/mol. The number of hydrogen-bond acceptors (Lipinski definition) is 0. The van der Waals surface area contributed by atoms with E-state index in [0.29, 0.717) is 22.2 Å². The van der Waals surface area contributed by atoms with Crippen molar-refractivity contribution in [2.75, 3.05) is 0 Å². The van der Waals surface area contributed by atoms with Gasteiger partial charge in [0.05, 0.1) is 67.6 Å². The minimum Gasteiger partial charge on any atom is -0.317 e. The Kier molecular flexibility index (Phi) is 8.59. The molecule has 0 aliphatic heterocycles. The number of para-hydroxylation sites is 6. The summed E-state index contributed by atoms with van der Waals surface area (Å²) in [5.41, 5.74) is 6.35. The molecule has 0 amide bonds. The average Bonchev–Trinajstić information content (AvgIpc) is 4.15. The molecule has 14 rings (SSSR count). The second-order valence-corrected chi connectivity index (χ2v) is 17.7. The smallest absolute Gasteiger partial charge is 0.234 e. The lowest BCUT2D eigenvalue weighted by atomic mass is 9.98. The second-order valence-electron chi connectivity index (χ2n) is 17.7. The standard InChI is InChI=1S/C61H32F5N5/c1-67-56-49(70-47-26-14-10-22-38(47)42-30-28-40-36-20-8-12-24-45(36)68(58(40)60(42)70)34-16-4-2-5-17-34)33-32-44(50-51(62)53(64)55(66)54(65)52(50)63)57(56)71-48-27-15-11-23-39(48)43-31-29-41-37-21-9-13-25-46(37)69(59(41)61(43)71)35-18-6-3-7-19-35/h2-33H. The zero-order valence-corrected chi connectivity index (χ0v) is 37.1. The Hall–Kier alpha value is -9.46. The molecule has 4 heterocycles. The molecule has 0 aliphatic rings. The van der Waals surface area contributed by atoms with E-state index in [4.69, 9.17) is 0 Å². The van der Waals surface area contributed by atoms with Crippen LogP contribution in [0.15, 0.2) is 194 Å². The Bertz CT molecular complexity index is 4620. The molecule has 0 atom stereocenters. The van der Waals surface area contributed by atoms with Crippen molar-refractivity contribution in [1.82, 2.24) is 18.3 Å². The minimum atomic E-state index is -2.28. The van der Waals surface area contributed by atoms with Gasteiger partial charge in [0.2, 0.25) is 11.5 Å². The Morgan fingerprint density at radius 3 is 1.07 bits per heavy atom. The third-order valence-electron chi connectivity index (χ3n) is 14.2. The maximum atomic E-state index is 16.7. The molecule has 5 nitrogen and oxygen atoms in total. The quantitative estimate of drug-likeness (QED) is 0.0711. The molecular weight excluding hydrogens is 898 g/mol. The van der Waals surface area contributed by atoms with Crippen LogP contribution in [0.5, 0.6) is 0 Å². The Labute approximate surface area is 400 Å². The maximum absolute atomic E-state index is 16.7. The summed E-state index contributed by atoms with van der Waals surface area (Å²) in [6.07, 6.45) is 0. The van der Waals surface area contributed by atoms with E-state index >= 15 is 17.6 Å². The predicted molar refractivity (Wildman–Crippen MR) is 275 cm³/mol. The molecule has 4 aromatic heterocycles. The first-order valence-electron chi connectivity index (χ1n) is 22.9. The van der Waals surface area contributed by atoms with Crippen molar-refractivity contribution >= 4 is 92.9 Å². The Morgan fingerprint density at radius 1 is 0.310 bits per heavy atom. The summed E-state index contributed by atoms with van der Waals surface area (Å²) < 4.78 is 87.9. The zero-order chi connectivity index (χ0) is 47.8. The van der Waals surface area contributed by atoms with Crippen LogP contribution in [0.25, 0.3) is 126 Å². The molecule has 0 aliphatic carbocycles. The van der Waals surface area contributed by atoms with Crippen LogP contribution < -0.4 is 0 Å². The van der Waals surface area contributed by atoms with Crippen LogP contribution >= 0.6 is 0 Å². The molecule has 0 radical (unpaired) electrons. The van der Waals surface area contributed by atoms with Crippen molar-refractivity contribution < 1.29 is 22.0 Å². The molecule has 0 unspecified atom stereocenters. The highest BCUT2D eigenvalue weighted by Crippen LogP contribution is 2.50. The molecule has 0 saturated carbocycles. The van der Waals surface area contributed by atoms with E-state index in [1.54, 1.807) is 10.6 Å². The number of benzene rings is 10. The van der Waals surface area contributed by atoms with E-state index in [9.17, 15) is 11.0 Å². The van der Waals surface area contributed by atoms with Crippen LogP contribution in [-0.4, -0.2) is 18.3 Å². The van der Waals surface area contributed by atoms with Gasteiger partial charge in [0.25, 0.3) is 0 Å². The first-order valence-corrected chi connectivity index (χ1v) is 22.9. The van der Waals surface area contributed by atoms with Crippen molar-refractivity contribution in [1.29, 1.82) is 0 Å². The van der Waals surface area contributed by atoms with Gasteiger partial charge in [-0.25, -0.2) is 26.8 Å². The SMILES string of the molecule is [C-]#[N+]c1c(-n2c3ccccc3c3ccc4c5ccccc5n(-c5ccccc5)c4c32)ccc(-c2c(F)c(F)c(F)c(F)c2F)c1-n1c2ccccc2c2ccc3c4ccccc4n(-c4ccccc4)c3c21. The van der Waals surface area contributed by atoms with Crippen molar-refractivity contribution in [3.05, 3.63) is 235 Å². The van der Waals surface area contributed by atoms with Gasteiger partial charge in [-0.05, 0) is 54.6 Å². The van der Waals surface area contributed by atoms with Crippen LogP contribution in [0.1, 0.15) is 0 Å². The van der Waals surface area contributed by atoms with E-state index in [0.717, 1.165) is 82.0 Å². The fourth-order valence-corrected chi connectivity index (χ4v) is 11.3. The van der Waals surface area contributed by atoms with Gasteiger partial charge in [-0.2, -0.15) is 0 Å². The highest BCUT2D eigenvalue weighted by Gasteiger charge is 2.33. The summed E-state index contributed by atoms with van der Waals surface area (Å²) >= 11 is 0. The molecule has 0 saturated heterocycles. The fraction of sp³-hybridized carbons (Fsp3) is 0. The lowest BCUT2D eigenvalue weighted by molar-refractivity contribution is 0.381. The molecule has 10 aromatic carbocycles. The highest BCUT2D eigenvalue weighted by atomic mass is 19.2. The van der Waals surface area contributed by atoms with Gasteiger partial charge >= 0.3 is 0 Å². The molecule has 14 aromatic rings. The number of aromatic nitrogens is 4. The van der Waals surface area contributed by atoms with E-state index in [2.05, 4.69) is 38.2 Å². The van der Waals surface area contributed by atoms with Crippen LogP contribution in [0.4, 0.5) is 27.6 Å². The molecule has 0 fully saturated rings. The highest BCUT2D eigenvalue weighted by molar-refractivity contribution is 6.26. The van der Waals surface area contributed by atoms with Gasteiger partial charge in [0, 0.05) is 60.0 Å². The largest absolute Gasteiger partial charge is 0.317 e. The Morgan fingerprint density at radius 2 is 0.648 bits per heavy atom. The van der Waals surface area contributed by atoms with Crippen molar-refractivity contribution in [2.24, 2.45) is 0 Å². The molecule has 0 bridgehead atoms. The van der Waals surface area contributed by atoms with Gasteiger partial charge in [-0.15, -0.1) is 0 Å². The Balaban J connectivity index is 1.23. The molecular formula is C61H32F5N5. The minimum absolute atomic E-state index is 0.0639. The first kappa shape index (κ1) is 40.6. The van der Waals surface area contributed by atoms with Crippen LogP contribution in [0.2, 0.25) is 0 Å². The molecule has 10 heteroatoms. The predicted octanol–water partition coefficient (Wildman–Crippen LogP) is 17.0. The molecule has 336 valence electrons. The first-order chi connectivity index (χ1) is 34.9. The molecule has 0 spiro atoms. The number of fused-ring (bicyclic) bond motifs is 14. The van der Waals surface area contributed by atoms with E-state index in [-0.39, 0.29) is 16.9 Å². The third-order valence-corrected chi connectivity index (χ3v) is 14.2. The van der Waals surface area contributed by atoms with Crippen molar-refractivity contribution in [3.8, 4) is 33.9 Å². The van der Waals surface area contributed by atoms with Crippen molar-refractivity contribution in [3.63, 3.8) is 0 Å². The van der Waals surface area contributed by atoms with Crippen LogP contribution in [0.3, 0.4) is 0 Å². The van der Waals surface area contributed by atoms with E-state index in [1.165, 1.54) is 6.07 Å². The number of rotatable bonds is 5. The van der Waals surface area contributed by atoms with Gasteiger partial charge < -0.3 is 18.3 Å². The number of nitrogens with zero attached hydrogens (tertiary/aromatic N) is 5. The van der Waals surface area contributed by atoms with Gasteiger partial charge in [0.15, 0.2) is 23.3 Å². The van der Waals surface area contributed by atoms with Gasteiger partial charge in [-0.3, -0.25) is 0 Å². The summed E-state index contributed by atoms with van der Waals surface area (Å²) in [6, 6.07) is 62.4. The summed E-state index contributed by atoms with van der Waals surface area (Å²) in [6.45, 7) is 9.30. The maximum Gasteiger partial charge on any atom is 0.234 e. The van der Waals surface area contributed by atoms with Crippen LogP contribution in [0, 0.1) is 35.7 Å². The van der Waals surface area contributed by atoms with Crippen molar-refractivity contribution in [2.45, 2.75) is 0 Å². The lowest BCUT2D eigenvalue weighted by Gasteiger charge is -2.22. The molecule has 0 N–H and O–H groups in total. The summed E-state index contributed by atoms with van der Waals surface area (Å²) in [7, 11) is 0. The summed E-state index contributed by atoms with van der Waals surface area (Å²) in [5, 5.41) is 6.95. The van der Waals surface area contributed by atoms with Gasteiger partial charge in [-0.1, -0.05) is 140 Å². The van der Waals surface area contributed by atoms with E-state index < -0.39 is 34.6 Å². The monoisotopic (exact) mass is 929 g/mol. The van der Waals surface area contributed by atoms with Gasteiger partial charge in [0.1, 0.15) is 0 Å². The summed E-state index contributed by atoms with van der Waals surface area (Å²) in [4.78, 5) is 4.31. The topological polar surface area (TPSA) is 24.1 Å². The third kappa shape index (κ3) is 5.43. The zero-order valence-electron chi connectivity index (χ0n) is 37.1. The van der Waals surface area contributed by atoms with Crippen LogP contribution in [-0.2, 0) is 0 Å². The normalized spacial score (nSPS) is 12.0. The van der Waals surface area contributed by atoms with E-state index in [1.807, 2.05) is 162 Å². The fourth-order valence-electron chi connectivity index (χ4n) is 11.3. The summed E-state index contributed by atoms with van der Waals surface area (Å²) in [5.74, 6) is -10.5. The molecule has 71 heavy (non-hydrogen) atoms. The second kappa shape index (κ2) is 15.0. The number of halogens is 5.